The zero-order chi connectivity index (χ0) is 14.7. The van der Waals surface area contributed by atoms with Crippen molar-refractivity contribution in [3.05, 3.63) is 32.8 Å². The minimum atomic E-state index is -0.495. The van der Waals surface area contributed by atoms with Crippen LogP contribution < -0.4 is 10.6 Å². The molecule has 0 radical (unpaired) electrons. The number of anilines is 1. The van der Waals surface area contributed by atoms with E-state index in [0.29, 0.717) is 23.7 Å². The molecule has 1 saturated carbocycles. The van der Waals surface area contributed by atoms with Crippen LogP contribution in [0.5, 0.6) is 0 Å². The third-order valence-corrected chi connectivity index (χ3v) is 3.49. The summed E-state index contributed by atoms with van der Waals surface area (Å²) in [6, 6.07) is 2.70. The molecule has 1 aromatic carbocycles. The number of nitro groups is 1. The van der Waals surface area contributed by atoms with Gasteiger partial charge in [-0.2, -0.15) is 0 Å². The standard InChI is InChI=1S/C13H16ClN3O3/c1-8-4-10(17(19)20)5-11(14)13(8)16-7-12(18)15-6-9-2-3-9/h4-5,9,16H,2-3,6-7H2,1H3,(H,15,18). The van der Waals surface area contributed by atoms with Crippen molar-refractivity contribution in [3.8, 4) is 0 Å². The number of rotatable bonds is 6. The number of nitrogens with zero attached hydrogens (tertiary/aromatic N) is 1. The van der Waals surface area contributed by atoms with Gasteiger partial charge in [0.15, 0.2) is 0 Å². The molecular weight excluding hydrogens is 282 g/mol. The summed E-state index contributed by atoms with van der Waals surface area (Å²) in [6.07, 6.45) is 2.36. The maximum atomic E-state index is 11.6. The van der Waals surface area contributed by atoms with E-state index in [1.54, 1.807) is 6.92 Å². The summed E-state index contributed by atoms with van der Waals surface area (Å²) in [5.74, 6) is 0.523. The quantitative estimate of drug-likeness (QED) is 0.624. The van der Waals surface area contributed by atoms with E-state index in [9.17, 15) is 14.9 Å². The molecule has 0 aromatic heterocycles. The molecule has 2 rings (SSSR count). The number of carbonyl (C=O) groups excluding carboxylic acids is 1. The first-order valence-electron chi connectivity index (χ1n) is 6.42. The lowest BCUT2D eigenvalue weighted by Crippen LogP contribution is -2.31. The molecule has 1 aliphatic carbocycles. The van der Waals surface area contributed by atoms with Gasteiger partial charge in [-0.05, 0) is 31.2 Å². The van der Waals surface area contributed by atoms with Crippen molar-refractivity contribution < 1.29 is 9.72 Å². The Morgan fingerprint density at radius 3 is 2.75 bits per heavy atom. The molecular formula is C13H16ClN3O3. The van der Waals surface area contributed by atoms with Gasteiger partial charge in [0, 0.05) is 18.7 Å². The smallest absolute Gasteiger partial charge is 0.271 e. The Labute approximate surface area is 121 Å². The fourth-order valence-electron chi connectivity index (χ4n) is 1.87. The molecule has 0 heterocycles. The van der Waals surface area contributed by atoms with Gasteiger partial charge in [-0.3, -0.25) is 14.9 Å². The molecule has 1 amide bonds. The van der Waals surface area contributed by atoms with Crippen LogP contribution in [0.2, 0.25) is 5.02 Å². The van der Waals surface area contributed by atoms with Crippen molar-refractivity contribution in [1.82, 2.24) is 5.32 Å². The molecule has 0 atom stereocenters. The summed E-state index contributed by atoms with van der Waals surface area (Å²) < 4.78 is 0. The second kappa shape index (κ2) is 6.09. The first-order chi connectivity index (χ1) is 9.47. The number of nitrogens with one attached hydrogen (secondary N) is 2. The van der Waals surface area contributed by atoms with E-state index in [2.05, 4.69) is 10.6 Å². The van der Waals surface area contributed by atoms with E-state index in [1.807, 2.05) is 0 Å². The second-order valence-electron chi connectivity index (χ2n) is 4.98. The molecule has 0 bridgehead atoms. The van der Waals surface area contributed by atoms with Crippen LogP contribution in [0.15, 0.2) is 12.1 Å². The third kappa shape index (κ3) is 3.84. The van der Waals surface area contributed by atoms with Gasteiger partial charge < -0.3 is 10.6 Å². The van der Waals surface area contributed by atoms with Crippen molar-refractivity contribution in [2.24, 2.45) is 5.92 Å². The number of aryl methyl sites for hydroxylation is 1. The van der Waals surface area contributed by atoms with E-state index < -0.39 is 4.92 Å². The van der Waals surface area contributed by atoms with E-state index in [-0.39, 0.29) is 23.2 Å². The largest absolute Gasteiger partial charge is 0.375 e. The highest BCUT2D eigenvalue weighted by molar-refractivity contribution is 6.33. The van der Waals surface area contributed by atoms with Gasteiger partial charge >= 0.3 is 0 Å². The summed E-state index contributed by atoms with van der Waals surface area (Å²) >= 11 is 6.00. The lowest BCUT2D eigenvalue weighted by atomic mass is 10.1. The van der Waals surface area contributed by atoms with Crippen molar-refractivity contribution >= 4 is 28.9 Å². The van der Waals surface area contributed by atoms with Gasteiger partial charge in [-0.25, -0.2) is 0 Å². The third-order valence-electron chi connectivity index (χ3n) is 3.19. The van der Waals surface area contributed by atoms with Crippen LogP contribution in [-0.2, 0) is 4.79 Å². The van der Waals surface area contributed by atoms with E-state index >= 15 is 0 Å². The van der Waals surface area contributed by atoms with Crippen molar-refractivity contribution in [1.29, 1.82) is 0 Å². The molecule has 108 valence electrons. The predicted molar refractivity (Wildman–Crippen MR) is 77.1 cm³/mol. The Hall–Kier alpha value is -1.82. The highest BCUT2D eigenvalue weighted by Gasteiger charge is 2.21. The number of benzene rings is 1. The minimum Gasteiger partial charge on any atom is -0.375 e. The maximum absolute atomic E-state index is 11.6. The average molecular weight is 298 g/mol. The number of carbonyl (C=O) groups is 1. The first-order valence-corrected chi connectivity index (χ1v) is 6.80. The van der Waals surface area contributed by atoms with E-state index in [4.69, 9.17) is 11.6 Å². The molecule has 0 spiro atoms. The Morgan fingerprint density at radius 1 is 1.50 bits per heavy atom. The summed E-state index contributed by atoms with van der Waals surface area (Å²) in [5, 5.41) is 16.7. The topological polar surface area (TPSA) is 84.3 Å². The van der Waals surface area contributed by atoms with Crippen LogP contribution in [0.4, 0.5) is 11.4 Å². The van der Waals surface area contributed by atoms with Gasteiger partial charge in [0.05, 0.1) is 22.2 Å². The van der Waals surface area contributed by atoms with Crippen LogP contribution in [0.1, 0.15) is 18.4 Å². The molecule has 0 saturated heterocycles. The molecule has 7 heteroatoms. The number of hydrogen-bond donors (Lipinski definition) is 2. The van der Waals surface area contributed by atoms with E-state index in [0.717, 1.165) is 0 Å². The number of hydrogen-bond acceptors (Lipinski definition) is 4. The van der Waals surface area contributed by atoms with Gasteiger partial charge in [0.2, 0.25) is 5.91 Å². The lowest BCUT2D eigenvalue weighted by molar-refractivity contribution is -0.384. The summed E-state index contributed by atoms with van der Waals surface area (Å²) in [4.78, 5) is 21.8. The second-order valence-corrected chi connectivity index (χ2v) is 5.38. The molecule has 0 unspecified atom stereocenters. The zero-order valence-electron chi connectivity index (χ0n) is 11.1. The zero-order valence-corrected chi connectivity index (χ0v) is 11.9. The Kier molecular flexibility index (Phi) is 4.44. The lowest BCUT2D eigenvalue weighted by Gasteiger charge is -2.11. The summed E-state index contributed by atoms with van der Waals surface area (Å²) in [5.41, 5.74) is 1.13. The molecule has 6 nitrogen and oxygen atoms in total. The van der Waals surface area contributed by atoms with Gasteiger partial charge in [0.1, 0.15) is 0 Å². The monoisotopic (exact) mass is 297 g/mol. The number of halogens is 1. The Balaban J connectivity index is 1.94. The fourth-order valence-corrected chi connectivity index (χ4v) is 2.19. The van der Waals surface area contributed by atoms with Crippen molar-refractivity contribution in [2.45, 2.75) is 19.8 Å². The number of nitro benzene ring substituents is 1. The van der Waals surface area contributed by atoms with Crippen molar-refractivity contribution in [3.63, 3.8) is 0 Å². The first kappa shape index (κ1) is 14.6. The van der Waals surface area contributed by atoms with Gasteiger partial charge in [0.25, 0.3) is 5.69 Å². The molecule has 1 aromatic rings. The SMILES string of the molecule is Cc1cc([N+](=O)[O-])cc(Cl)c1NCC(=O)NCC1CC1. The summed E-state index contributed by atoms with van der Waals surface area (Å²) in [6.45, 7) is 2.53. The predicted octanol–water partition coefficient (Wildman–Crippen LogP) is 2.49. The summed E-state index contributed by atoms with van der Waals surface area (Å²) in [7, 11) is 0. The molecule has 20 heavy (non-hydrogen) atoms. The maximum Gasteiger partial charge on any atom is 0.271 e. The van der Waals surface area contributed by atoms with Crippen LogP contribution in [-0.4, -0.2) is 23.9 Å². The minimum absolute atomic E-state index is 0.0590. The molecule has 1 aliphatic rings. The van der Waals surface area contributed by atoms with Crippen LogP contribution in [0.3, 0.4) is 0 Å². The van der Waals surface area contributed by atoms with Gasteiger partial charge in [-0.1, -0.05) is 11.6 Å². The van der Waals surface area contributed by atoms with Crippen molar-refractivity contribution in [2.75, 3.05) is 18.4 Å². The molecule has 2 N–H and O–H groups in total. The highest BCUT2D eigenvalue weighted by atomic mass is 35.5. The van der Waals surface area contributed by atoms with Crippen LogP contribution in [0, 0.1) is 23.0 Å². The highest BCUT2D eigenvalue weighted by Crippen LogP contribution is 2.30. The normalized spacial score (nSPS) is 13.9. The molecule has 1 fully saturated rings. The Morgan fingerprint density at radius 2 is 2.20 bits per heavy atom. The van der Waals surface area contributed by atoms with Crippen LogP contribution >= 0.6 is 11.6 Å². The van der Waals surface area contributed by atoms with Gasteiger partial charge in [-0.15, -0.1) is 0 Å². The fraction of sp³-hybridized carbons (Fsp3) is 0.462. The average Bonchev–Trinajstić information content (AvgIpc) is 3.19. The Bertz CT molecular complexity index is 521. The number of non-ortho nitro benzene ring substituents is 1. The number of amides is 1. The molecule has 0 aliphatic heterocycles. The van der Waals surface area contributed by atoms with Crippen LogP contribution in [0.25, 0.3) is 0 Å². The van der Waals surface area contributed by atoms with E-state index in [1.165, 1.54) is 25.0 Å².